The van der Waals surface area contributed by atoms with Crippen molar-refractivity contribution in [1.82, 2.24) is 0 Å². The van der Waals surface area contributed by atoms with Crippen LogP contribution in [0.2, 0.25) is 0 Å². The van der Waals surface area contributed by atoms with Crippen LogP contribution in [0, 0.1) is 0 Å². The zero-order chi connectivity index (χ0) is 10.5. The van der Waals surface area contributed by atoms with Crippen LogP contribution >= 0.6 is 0 Å². The van der Waals surface area contributed by atoms with Gasteiger partial charge in [-0.25, -0.2) is 0 Å². The van der Waals surface area contributed by atoms with Crippen molar-refractivity contribution in [2.45, 2.75) is 6.42 Å². The average Bonchev–Trinajstić information content (AvgIpc) is 2.29. The highest BCUT2D eigenvalue weighted by Crippen LogP contribution is 2.32. The van der Waals surface area contributed by atoms with Crippen LogP contribution in [0.3, 0.4) is 0 Å². The molecule has 0 atom stereocenters. The Labute approximate surface area is 88.8 Å². The van der Waals surface area contributed by atoms with Gasteiger partial charge in [0.15, 0.2) is 11.5 Å². The molecular formula is C11H15NO3. The van der Waals surface area contributed by atoms with Crippen LogP contribution in [0.5, 0.6) is 11.5 Å². The van der Waals surface area contributed by atoms with E-state index in [2.05, 4.69) is 5.32 Å². The van der Waals surface area contributed by atoms with E-state index in [9.17, 15) is 0 Å². The summed E-state index contributed by atoms with van der Waals surface area (Å²) in [4.78, 5) is 0. The maximum Gasteiger partial charge on any atom is 0.163 e. The highest BCUT2D eigenvalue weighted by Gasteiger charge is 2.11. The maximum atomic E-state index is 8.65. The second-order valence-electron chi connectivity index (χ2n) is 3.36. The monoisotopic (exact) mass is 209 g/mol. The standard InChI is InChI=1S/C11H15NO3/c13-5-1-4-12-9-2-3-10-11(8-9)15-7-6-14-10/h2-3,8,12-13H,1,4-7H2. The summed E-state index contributed by atoms with van der Waals surface area (Å²) in [5, 5.41) is 11.9. The molecule has 4 heteroatoms. The van der Waals surface area contributed by atoms with Crippen molar-refractivity contribution < 1.29 is 14.6 Å². The SMILES string of the molecule is OCCCNc1ccc2c(c1)OCCO2. The van der Waals surface area contributed by atoms with Crippen molar-refractivity contribution in [3.63, 3.8) is 0 Å². The molecule has 1 aliphatic rings. The molecule has 0 saturated heterocycles. The van der Waals surface area contributed by atoms with Crippen LogP contribution in [-0.2, 0) is 0 Å². The number of rotatable bonds is 4. The first-order valence-electron chi connectivity index (χ1n) is 5.14. The number of hydrogen-bond acceptors (Lipinski definition) is 4. The second kappa shape index (κ2) is 4.89. The molecular weight excluding hydrogens is 194 g/mol. The molecule has 1 heterocycles. The summed E-state index contributed by atoms with van der Waals surface area (Å²) in [6, 6.07) is 5.77. The van der Waals surface area contributed by atoms with Crippen molar-refractivity contribution in [3.05, 3.63) is 18.2 Å². The Bertz CT molecular complexity index is 328. The van der Waals surface area contributed by atoms with E-state index in [4.69, 9.17) is 14.6 Å². The largest absolute Gasteiger partial charge is 0.486 e. The molecule has 2 rings (SSSR count). The fourth-order valence-electron chi connectivity index (χ4n) is 1.47. The van der Waals surface area contributed by atoms with E-state index < -0.39 is 0 Å². The first-order chi connectivity index (χ1) is 7.40. The maximum absolute atomic E-state index is 8.65. The lowest BCUT2D eigenvalue weighted by Crippen LogP contribution is -2.15. The van der Waals surface area contributed by atoms with E-state index in [0.717, 1.165) is 30.2 Å². The van der Waals surface area contributed by atoms with Crippen LogP contribution in [0.4, 0.5) is 5.69 Å². The Morgan fingerprint density at radius 3 is 2.80 bits per heavy atom. The second-order valence-corrected chi connectivity index (χ2v) is 3.36. The summed E-state index contributed by atoms with van der Waals surface area (Å²) in [6.07, 6.45) is 0.744. The zero-order valence-corrected chi connectivity index (χ0v) is 8.53. The van der Waals surface area contributed by atoms with Crippen molar-refractivity contribution in [2.24, 2.45) is 0 Å². The van der Waals surface area contributed by atoms with Gasteiger partial charge in [-0.3, -0.25) is 0 Å². The van der Waals surface area contributed by atoms with Crippen LogP contribution in [0.1, 0.15) is 6.42 Å². The Morgan fingerprint density at radius 2 is 2.00 bits per heavy atom. The quantitative estimate of drug-likeness (QED) is 0.733. The van der Waals surface area contributed by atoms with Crippen LogP contribution in [0.15, 0.2) is 18.2 Å². The predicted molar refractivity (Wildman–Crippen MR) is 57.6 cm³/mol. The molecule has 1 aromatic carbocycles. The molecule has 0 unspecified atom stereocenters. The number of ether oxygens (including phenoxy) is 2. The lowest BCUT2D eigenvalue weighted by molar-refractivity contribution is 0.171. The van der Waals surface area contributed by atoms with Crippen LogP contribution < -0.4 is 14.8 Å². The molecule has 0 aliphatic carbocycles. The van der Waals surface area contributed by atoms with Gasteiger partial charge in [-0.1, -0.05) is 0 Å². The molecule has 1 aromatic rings. The third-order valence-corrected chi connectivity index (χ3v) is 2.21. The number of benzene rings is 1. The molecule has 0 aromatic heterocycles. The van der Waals surface area contributed by atoms with E-state index in [1.54, 1.807) is 0 Å². The minimum absolute atomic E-state index is 0.206. The molecule has 4 nitrogen and oxygen atoms in total. The number of hydrogen-bond donors (Lipinski definition) is 2. The Kier molecular flexibility index (Phi) is 3.29. The third kappa shape index (κ3) is 2.53. The average molecular weight is 209 g/mol. The topological polar surface area (TPSA) is 50.7 Å². The smallest absolute Gasteiger partial charge is 0.163 e. The molecule has 0 amide bonds. The number of anilines is 1. The summed E-state index contributed by atoms with van der Waals surface area (Å²) in [5.41, 5.74) is 0.993. The van der Waals surface area contributed by atoms with Gasteiger partial charge in [0.1, 0.15) is 13.2 Å². The number of aliphatic hydroxyl groups is 1. The fourth-order valence-corrected chi connectivity index (χ4v) is 1.47. The summed E-state index contributed by atoms with van der Waals surface area (Å²) < 4.78 is 10.9. The normalized spacial score (nSPS) is 13.7. The number of nitrogens with one attached hydrogen (secondary N) is 1. The van der Waals surface area contributed by atoms with Crippen molar-refractivity contribution in [1.29, 1.82) is 0 Å². The Balaban J connectivity index is 2.00. The highest BCUT2D eigenvalue weighted by molar-refractivity contribution is 5.55. The Morgan fingerprint density at radius 1 is 1.20 bits per heavy atom. The van der Waals surface area contributed by atoms with Gasteiger partial charge < -0.3 is 19.9 Å². The van der Waals surface area contributed by atoms with E-state index in [-0.39, 0.29) is 6.61 Å². The number of fused-ring (bicyclic) bond motifs is 1. The van der Waals surface area contributed by atoms with Crippen molar-refractivity contribution in [2.75, 3.05) is 31.7 Å². The summed E-state index contributed by atoms with van der Waals surface area (Å²) in [5.74, 6) is 1.59. The van der Waals surface area contributed by atoms with Gasteiger partial charge in [-0.2, -0.15) is 0 Å². The van der Waals surface area contributed by atoms with Crippen molar-refractivity contribution >= 4 is 5.69 Å². The molecule has 0 saturated carbocycles. The number of aliphatic hydroxyl groups excluding tert-OH is 1. The van der Waals surface area contributed by atoms with Gasteiger partial charge in [-0.15, -0.1) is 0 Å². The van der Waals surface area contributed by atoms with E-state index in [1.807, 2.05) is 18.2 Å². The summed E-state index contributed by atoms with van der Waals surface area (Å²) in [7, 11) is 0. The highest BCUT2D eigenvalue weighted by atomic mass is 16.6. The van der Waals surface area contributed by atoms with E-state index in [0.29, 0.717) is 13.2 Å². The van der Waals surface area contributed by atoms with Crippen LogP contribution in [-0.4, -0.2) is 31.5 Å². The molecule has 82 valence electrons. The van der Waals surface area contributed by atoms with Gasteiger partial charge >= 0.3 is 0 Å². The minimum atomic E-state index is 0.206. The van der Waals surface area contributed by atoms with Gasteiger partial charge in [0.2, 0.25) is 0 Å². The third-order valence-electron chi connectivity index (χ3n) is 2.21. The van der Waals surface area contributed by atoms with E-state index >= 15 is 0 Å². The molecule has 2 N–H and O–H groups in total. The lowest BCUT2D eigenvalue weighted by Gasteiger charge is -2.19. The first kappa shape index (κ1) is 10.1. The molecule has 0 spiro atoms. The summed E-state index contributed by atoms with van der Waals surface area (Å²) in [6.45, 7) is 2.19. The molecule has 15 heavy (non-hydrogen) atoms. The van der Waals surface area contributed by atoms with Crippen molar-refractivity contribution in [3.8, 4) is 11.5 Å². The van der Waals surface area contributed by atoms with Gasteiger partial charge in [0.25, 0.3) is 0 Å². The molecule has 0 bridgehead atoms. The van der Waals surface area contributed by atoms with Gasteiger partial charge in [-0.05, 0) is 18.6 Å². The van der Waals surface area contributed by atoms with Gasteiger partial charge in [0.05, 0.1) is 0 Å². The van der Waals surface area contributed by atoms with Crippen LogP contribution in [0.25, 0.3) is 0 Å². The van der Waals surface area contributed by atoms with E-state index in [1.165, 1.54) is 0 Å². The zero-order valence-electron chi connectivity index (χ0n) is 8.53. The Hall–Kier alpha value is -1.42. The summed E-state index contributed by atoms with van der Waals surface area (Å²) >= 11 is 0. The molecule has 0 fully saturated rings. The minimum Gasteiger partial charge on any atom is -0.486 e. The first-order valence-corrected chi connectivity index (χ1v) is 5.14. The predicted octanol–water partition coefficient (Wildman–Crippen LogP) is 1.25. The fraction of sp³-hybridized carbons (Fsp3) is 0.455. The molecule has 0 radical (unpaired) electrons. The lowest BCUT2D eigenvalue weighted by atomic mass is 10.2. The molecule has 1 aliphatic heterocycles. The van der Waals surface area contributed by atoms with Gasteiger partial charge in [0, 0.05) is 24.9 Å².